The first-order chi connectivity index (χ1) is 11.7. The van der Waals surface area contributed by atoms with E-state index in [0.29, 0.717) is 0 Å². The lowest BCUT2D eigenvalue weighted by molar-refractivity contribution is 0.237. The van der Waals surface area contributed by atoms with Gasteiger partial charge in [0.2, 0.25) is 0 Å². The number of benzene rings is 1. The fraction of sp³-hybridized carbons (Fsp3) is 0.500. The molecule has 1 fully saturated rings. The van der Waals surface area contributed by atoms with Crippen LogP contribution < -0.4 is 5.32 Å². The highest BCUT2D eigenvalue weighted by Crippen LogP contribution is 2.17. The topological polar surface area (TPSA) is 41.1 Å². The molecule has 24 heavy (non-hydrogen) atoms. The summed E-state index contributed by atoms with van der Waals surface area (Å²) >= 11 is 0. The average molecular weight is 324 g/mol. The van der Waals surface area contributed by atoms with Gasteiger partial charge in [0.1, 0.15) is 12.1 Å². The molecule has 0 radical (unpaired) electrons. The van der Waals surface area contributed by atoms with Gasteiger partial charge in [-0.1, -0.05) is 36.2 Å². The van der Waals surface area contributed by atoms with Crippen LogP contribution in [0.5, 0.6) is 0 Å². The minimum absolute atomic E-state index is 0.857. The van der Waals surface area contributed by atoms with Crippen LogP contribution in [0.3, 0.4) is 0 Å². The lowest BCUT2D eigenvalue weighted by Crippen LogP contribution is -2.33. The van der Waals surface area contributed by atoms with Crippen molar-refractivity contribution in [3.8, 4) is 0 Å². The zero-order valence-electron chi connectivity index (χ0n) is 14.9. The van der Waals surface area contributed by atoms with Gasteiger partial charge in [0, 0.05) is 25.1 Å². The van der Waals surface area contributed by atoms with Crippen molar-refractivity contribution >= 4 is 5.82 Å². The van der Waals surface area contributed by atoms with Crippen LogP contribution >= 0.6 is 0 Å². The number of rotatable bonds is 6. The summed E-state index contributed by atoms with van der Waals surface area (Å²) in [5.74, 6) is 0.976. The molecule has 2 heterocycles. The van der Waals surface area contributed by atoms with Gasteiger partial charge in [0.05, 0.1) is 5.69 Å². The van der Waals surface area contributed by atoms with Gasteiger partial charge in [-0.2, -0.15) is 0 Å². The highest BCUT2D eigenvalue weighted by Gasteiger charge is 2.11. The van der Waals surface area contributed by atoms with Gasteiger partial charge in [-0.3, -0.25) is 0 Å². The lowest BCUT2D eigenvalue weighted by Gasteiger charge is -2.26. The van der Waals surface area contributed by atoms with Gasteiger partial charge < -0.3 is 10.2 Å². The van der Waals surface area contributed by atoms with Gasteiger partial charge in [0.25, 0.3) is 0 Å². The van der Waals surface area contributed by atoms with Crippen molar-refractivity contribution in [1.29, 1.82) is 0 Å². The molecular weight excluding hydrogens is 296 g/mol. The molecule has 1 saturated heterocycles. The molecule has 4 heteroatoms. The summed E-state index contributed by atoms with van der Waals surface area (Å²) in [5, 5.41) is 3.50. The van der Waals surface area contributed by atoms with Crippen LogP contribution in [-0.2, 0) is 6.42 Å². The van der Waals surface area contributed by atoms with Gasteiger partial charge in [-0.05, 0) is 45.3 Å². The molecule has 3 rings (SSSR count). The third kappa shape index (κ3) is 4.54. The number of likely N-dealkylation sites (tertiary alicyclic amines) is 1. The Labute approximate surface area is 145 Å². The molecule has 0 saturated carbocycles. The summed E-state index contributed by atoms with van der Waals surface area (Å²) in [6.45, 7) is 8.75. The number of nitrogens with one attached hydrogen (secondary N) is 1. The Morgan fingerprint density at radius 1 is 1.00 bits per heavy atom. The fourth-order valence-electron chi connectivity index (χ4n) is 3.26. The Kier molecular flexibility index (Phi) is 5.81. The van der Waals surface area contributed by atoms with Crippen molar-refractivity contribution in [1.82, 2.24) is 14.9 Å². The van der Waals surface area contributed by atoms with Crippen LogP contribution in [-0.4, -0.2) is 41.0 Å². The molecule has 1 aromatic carbocycles. The third-order valence-corrected chi connectivity index (χ3v) is 4.85. The molecule has 0 atom stereocenters. The van der Waals surface area contributed by atoms with E-state index in [9.17, 15) is 0 Å². The number of hydrogen-bond donors (Lipinski definition) is 1. The number of aryl methyl sites for hydroxylation is 1. The molecule has 1 N–H and O–H groups in total. The standard InChI is InChI=1S/C20H28N4/c1-16-6-8-18(9-7-16)14-19-17(2)20(23-15-22-19)21-10-13-24-11-4-3-5-12-24/h6-9,15H,3-5,10-14H2,1-2H3,(H,21,22,23). The first-order valence-electron chi connectivity index (χ1n) is 9.04. The van der Waals surface area contributed by atoms with E-state index in [1.165, 1.54) is 43.5 Å². The highest BCUT2D eigenvalue weighted by molar-refractivity contribution is 5.46. The number of piperidine rings is 1. The van der Waals surface area contributed by atoms with E-state index in [1.807, 2.05) is 0 Å². The van der Waals surface area contributed by atoms with Crippen LogP contribution in [0, 0.1) is 13.8 Å². The largest absolute Gasteiger partial charge is 0.368 e. The van der Waals surface area contributed by atoms with Gasteiger partial charge in [-0.15, -0.1) is 0 Å². The van der Waals surface area contributed by atoms with Crippen LogP contribution in [0.2, 0.25) is 0 Å². The predicted octanol–water partition coefficient (Wildman–Crippen LogP) is 3.58. The molecule has 0 aliphatic carbocycles. The van der Waals surface area contributed by atoms with Crippen molar-refractivity contribution in [3.05, 3.63) is 53.0 Å². The minimum atomic E-state index is 0.857. The quantitative estimate of drug-likeness (QED) is 0.882. The van der Waals surface area contributed by atoms with Crippen molar-refractivity contribution in [2.75, 3.05) is 31.5 Å². The molecule has 0 spiro atoms. The maximum Gasteiger partial charge on any atom is 0.132 e. The van der Waals surface area contributed by atoms with E-state index in [0.717, 1.165) is 36.6 Å². The smallest absolute Gasteiger partial charge is 0.132 e. The Bertz CT molecular complexity index is 645. The van der Waals surface area contributed by atoms with E-state index in [1.54, 1.807) is 6.33 Å². The molecular formula is C20H28N4. The van der Waals surface area contributed by atoms with Crippen LogP contribution in [0.4, 0.5) is 5.82 Å². The molecule has 1 aliphatic heterocycles. The molecule has 128 valence electrons. The van der Waals surface area contributed by atoms with E-state index in [2.05, 4.69) is 58.3 Å². The van der Waals surface area contributed by atoms with Crippen LogP contribution in [0.1, 0.15) is 41.6 Å². The number of aromatic nitrogens is 2. The summed E-state index contributed by atoms with van der Waals surface area (Å²) in [5.41, 5.74) is 4.85. The summed E-state index contributed by atoms with van der Waals surface area (Å²) in [6.07, 6.45) is 6.60. The van der Waals surface area contributed by atoms with Gasteiger partial charge in [-0.25, -0.2) is 9.97 Å². The van der Waals surface area contributed by atoms with Crippen LogP contribution in [0.25, 0.3) is 0 Å². The van der Waals surface area contributed by atoms with E-state index < -0.39 is 0 Å². The van der Waals surface area contributed by atoms with Crippen molar-refractivity contribution in [2.45, 2.75) is 39.5 Å². The number of hydrogen-bond acceptors (Lipinski definition) is 4. The minimum Gasteiger partial charge on any atom is -0.368 e. The molecule has 0 unspecified atom stereocenters. The second kappa shape index (κ2) is 8.25. The number of nitrogens with zero attached hydrogens (tertiary/aromatic N) is 3. The summed E-state index contributed by atoms with van der Waals surface area (Å²) in [6, 6.07) is 8.67. The average Bonchev–Trinajstić information content (AvgIpc) is 2.61. The molecule has 1 aliphatic rings. The van der Waals surface area contributed by atoms with Crippen molar-refractivity contribution < 1.29 is 0 Å². The van der Waals surface area contributed by atoms with E-state index >= 15 is 0 Å². The fourth-order valence-corrected chi connectivity index (χ4v) is 3.26. The first kappa shape index (κ1) is 16.9. The lowest BCUT2D eigenvalue weighted by atomic mass is 10.0. The number of anilines is 1. The maximum absolute atomic E-state index is 4.49. The van der Waals surface area contributed by atoms with Gasteiger partial charge >= 0.3 is 0 Å². The monoisotopic (exact) mass is 324 g/mol. The van der Waals surface area contributed by atoms with E-state index in [4.69, 9.17) is 0 Å². The molecule has 4 nitrogen and oxygen atoms in total. The summed E-state index contributed by atoms with van der Waals surface area (Å²) < 4.78 is 0. The van der Waals surface area contributed by atoms with Crippen molar-refractivity contribution in [2.24, 2.45) is 0 Å². The second-order valence-electron chi connectivity index (χ2n) is 6.79. The van der Waals surface area contributed by atoms with Crippen molar-refractivity contribution in [3.63, 3.8) is 0 Å². The third-order valence-electron chi connectivity index (χ3n) is 4.85. The highest BCUT2D eigenvalue weighted by atomic mass is 15.1. The first-order valence-corrected chi connectivity index (χ1v) is 9.04. The predicted molar refractivity (Wildman–Crippen MR) is 99.5 cm³/mol. The molecule has 2 aromatic rings. The Morgan fingerprint density at radius 2 is 1.75 bits per heavy atom. The Balaban J connectivity index is 1.59. The zero-order chi connectivity index (χ0) is 16.8. The molecule has 0 bridgehead atoms. The molecule has 1 aromatic heterocycles. The van der Waals surface area contributed by atoms with Gasteiger partial charge in [0.15, 0.2) is 0 Å². The SMILES string of the molecule is Cc1ccc(Cc2ncnc(NCCN3CCCCC3)c2C)cc1. The maximum atomic E-state index is 4.49. The normalized spacial score (nSPS) is 15.4. The second-order valence-corrected chi connectivity index (χ2v) is 6.79. The van der Waals surface area contributed by atoms with Crippen LogP contribution in [0.15, 0.2) is 30.6 Å². The Morgan fingerprint density at radius 3 is 2.50 bits per heavy atom. The summed E-state index contributed by atoms with van der Waals surface area (Å²) in [4.78, 5) is 11.5. The van der Waals surface area contributed by atoms with E-state index in [-0.39, 0.29) is 0 Å². The summed E-state index contributed by atoms with van der Waals surface area (Å²) in [7, 11) is 0. The zero-order valence-corrected chi connectivity index (χ0v) is 14.9. The Hall–Kier alpha value is -1.94. The molecule has 0 amide bonds.